The fraction of sp³-hybridized carbons (Fsp3) is 0.500. The molecule has 5 N–H and O–H groups in total. The summed E-state index contributed by atoms with van der Waals surface area (Å²) in [5, 5.41) is 12.2. The first kappa shape index (κ1) is 29.6. The molecule has 46 heavy (non-hydrogen) atoms. The first-order chi connectivity index (χ1) is 22.0. The molecule has 8 rings (SSSR count). The Morgan fingerprint density at radius 1 is 1.17 bits per heavy atom. The minimum absolute atomic E-state index is 0.0569. The summed E-state index contributed by atoms with van der Waals surface area (Å²) in [5.41, 5.74) is 13.1. The van der Waals surface area contributed by atoms with Crippen LogP contribution in [0.15, 0.2) is 54.8 Å². The SMILES string of the molecule is CCC1OC2=C(CCC(c3cnc[nH]3)=C2)c2cc3cc(-c4cnc(C5CC(F)(F)CC6(C)C5C6C(O)C(N)C(C)C)[nH]4)ccc3n21. The van der Waals surface area contributed by atoms with Crippen LogP contribution in [0.5, 0.6) is 0 Å². The van der Waals surface area contributed by atoms with Gasteiger partial charge in [0.15, 0.2) is 6.23 Å². The second kappa shape index (κ2) is 10.4. The number of nitrogens with two attached hydrogens (primary N) is 1. The smallest absolute Gasteiger partial charge is 0.249 e. The fourth-order valence-corrected chi connectivity index (χ4v) is 8.95. The Morgan fingerprint density at radius 3 is 2.74 bits per heavy atom. The van der Waals surface area contributed by atoms with Gasteiger partial charge in [-0.2, -0.15) is 0 Å². The first-order valence-corrected chi connectivity index (χ1v) is 16.6. The Morgan fingerprint density at radius 2 is 2.00 bits per heavy atom. The highest BCUT2D eigenvalue weighted by Gasteiger charge is 2.73. The van der Waals surface area contributed by atoms with Crippen LogP contribution in [0.2, 0.25) is 0 Å². The van der Waals surface area contributed by atoms with Crippen molar-refractivity contribution < 1.29 is 18.6 Å². The van der Waals surface area contributed by atoms with E-state index in [4.69, 9.17) is 10.5 Å². The second-order valence-electron chi connectivity index (χ2n) is 14.5. The molecule has 1 aromatic carbocycles. The number of ether oxygens (including phenoxy) is 1. The van der Waals surface area contributed by atoms with E-state index in [-0.39, 0.29) is 36.8 Å². The molecule has 242 valence electrons. The van der Waals surface area contributed by atoms with Gasteiger partial charge in [0.1, 0.15) is 11.6 Å². The van der Waals surface area contributed by atoms with Gasteiger partial charge in [-0.15, -0.1) is 0 Å². The maximum absolute atomic E-state index is 15.2. The lowest BCUT2D eigenvalue weighted by molar-refractivity contribution is -0.0627. The zero-order valence-corrected chi connectivity index (χ0v) is 26.7. The van der Waals surface area contributed by atoms with E-state index in [1.54, 1.807) is 12.5 Å². The van der Waals surface area contributed by atoms with E-state index in [0.29, 0.717) is 5.82 Å². The summed E-state index contributed by atoms with van der Waals surface area (Å²) >= 11 is 0. The lowest BCUT2D eigenvalue weighted by Crippen LogP contribution is -2.41. The molecule has 2 fully saturated rings. The summed E-state index contributed by atoms with van der Waals surface area (Å²) in [6.07, 6.45) is 8.58. The van der Waals surface area contributed by atoms with E-state index in [2.05, 4.69) is 61.8 Å². The van der Waals surface area contributed by atoms with Crippen LogP contribution in [0.25, 0.3) is 33.3 Å². The molecule has 0 spiro atoms. The molecule has 10 heteroatoms. The predicted octanol–water partition coefficient (Wildman–Crippen LogP) is 7.39. The van der Waals surface area contributed by atoms with Crippen molar-refractivity contribution in [1.29, 1.82) is 0 Å². The minimum Gasteiger partial charge on any atom is -0.470 e. The van der Waals surface area contributed by atoms with Gasteiger partial charge in [-0.05, 0) is 65.9 Å². The molecule has 7 unspecified atom stereocenters. The first-order valence-electron chi connectivity index (χ1n) is 16.6. The van der Waals surface area contributed by atoms with Crippen molar-refractivity contribution >= 4 is 22.0 Å². The molecule has 0 radical (unpaired) electrons. The Hall–Kier alpha value is -3.76. The summed E-state index contributed by atoms with van der Waals surface area (Å²) in [6.45, 7) is 7.94. The van der Waals surface area contributed by atoms with E-state index in [9.17, 15) is 5.11 Å². The van der Waals surface area contributed by atoms with E-state index < -0.39 is 29.4 Å². The number of alkyl halides is 2. The third-order valence-corrected chi connectivity index (χ3v) is 11.3. The molecule has 4 heterocycles. The number of H-pyrrole nitrogens is 2. The third kappa shape index (κ3) is 4.51. The van der Waals surface area contributed by atoms with Crippen LogP contribution in [-0.4, -0.2) is 47.7 Å². The van der Waals surface area contributed by atoms with Gasteiger partial charge < -0.3 is 30.1 Å². The highest BCUT2D eigenvalue weighted by molar-refractivity contribution is 5.91. The van der Waals surface area contributed by atoms with Crippen molar-refractivity contribution in [1.82, 2.24) is 24.5 Å². The number of allylic oxidation sites excluding steroid dienone is 3. The van der Waals surface area contributed by atoms with Gasteiger partial charge in [0, 0.05) is 47.7 Å². The van der Waals surface area contributed by atoms with Crippen LogP contribution in [-0.2, 0) is 4.74 Å². The second-order valence-corrected chi connectivity index (χ2v) is 14.5. The molecule has 4 aliphatic rings. The molecule has 3 aliphatic carbocycles. The van der Waals surface area contributed by atoms with Crippen LogP contribution in [0.1, 0.15) is 89.2 Å². The maximum Gasteiger partial charge on any atom is 0.249 e. The molecule has 0 saturated heterocycles. The number of aromatic amines is 2. The van der Waals surface area contributed by atoms with Crippen molar-refractivity contribution in [2.75, 3.05) is 0 Å². The lowest BCUT2D eigenvalue weighted by Gasteiger charge is -2.32. The van der Waals surface area contributed by atoms with Crippen molar-refractivity contribution in [2.24, 2.45) is 28.9 Å². The molecule has 3 aromatic heterocycles. The van der Waals surface area contributed by atoms with Crippen molar-refractivity contribution in [3.05, 3.63) is 72.0 Å². The van der Waals surface area contributed by atoms with Crippen molar-refractivity contribution in [2.45, 2.75) is 90.0 Å². The van der Waals surface area contributed by atoms with Gasteiger partial charge in [0.05, 0.1) is 47.4 Å². The monoisotopic (exact) mass is 628 g/mol. The van der Waals surface area contributed by atoms with E-state index >= 15 is 8.78 Å². The summed E-state index contributed by atoms with van der Waals surface area (Å²) < 4.78 is 39.2. The summed E-state index contributed by atoms with van der Waals surface area (Å²) in [6, 6.07) is 8.11. The van der Waals surface area contributed by atoms with Gasteiger partial charge in [-0.25, -0.2) is 18.7 Å². The standard InChI is InChI=1S/C36H42F2N6O2/c1-5-29-44-26-9-7-19(10-21(26)11-27(44)22-8-6-20(12-28(22)46-29)24-14-40-17-42-24)25-15-41-34(43-25)23-13-36(37,38)16-35(4)30(23)31(35)33(45)32(39)18(2)3/h7,9-12,14-15,17-18,23,29-33,45H,5-6,8,13,16,39H2,1-4H3,(H,40,42)(H,41,43). The Labute approximate surface area is 267 Å². The Kier molecular flexibility index (Phi) is 6.68. The molecular weight excluding hydrogens is 586 g/mol. The molecule has 8 nitrogen and oxygen atoms in total. The number of rotatable bonds is 7. The van der Waals surface area contributed by atoms with E-state index in [1.807, 2.05) is 27.0 Å². The van der Waals surface area contributed by atoms with E-state index in [1.165, 1.54) is 16.8 Å². The van der Waals surface area contributed by atoms with Crippen molar-refractivity contribution in [3.8, 4) is 11.3 Å². The zero-order chi connectivity index (χ0) is 32.1. The average molecular weight is 629 g/mol. The number of aliphatic hydroxyl groups is 1. The van der Waals surface area contributed by atoms with Crippen LogP contribution in [0.3, 0.4) is 0 Å². The topological polar surface area (TPSA) is 118 Å². The average Bonchev–Trinajstić information content (AvgIpc) is 3.58. The number of nitrogens with zero attached hydrogens (tertiary/aromatic N) is 3. The minimum atomic E-state index is -2.83. The number of hydrogen-bond acceptors (Lipinski definition) is 5. The van der Waals surface area contributed by atoms with Gasteiger partial charge >= 0.3 is 0 Å². The van der Waals surface area contributed by atoms with Gasteiger partial charge in [-0.3, -0.25) is 0 Å². The van der Waals surface area contributed by atoms with Crippen LogP contribution < -0.4 is 5.73 Å². The maximum atomic E-state index is 15.2. The van der Waals surface area contributed by atoms with Crippen LogP contribution in [0, 0.1) is 23.2 Å². The molecular formula is C36H42F2N6O2. The van der Waals surface area contributed by atoms with Crippen LogP contribution in [0.4, 0.5) is 8.78 Å². The number of aliphatic hydroxyl groups excluding tert-OH is 1. The molecule has 0 amide bonds. The highest BCUT2D eigenvalue weighted by atomic mass is 19.3. The van der Waals surface area contributed by atoms with Crippen LogP contribution >= 0.6 is 0 Å². The number of fused-ring (bicyclic) bond motifs is 5. The molecule has 0 bridgehead atoms. The summed E-state index contributed by atoms with van der Waals surface area (Å²) in [5.74, 6) is -2.15. The Bertz CT molecular complexity index is 1870. The molecule has 1 aliphatic heterocycles. The number of hydrogen-bond donors (Lipinski definition) is 4. The fourth-order valence-electron chi connectivity index (χ4n) is 8.95. The van der Waals surface area contributed by atoms with Gasteiger partial charge in [-0.1, -0.05) is 33.8 Å². The largest absolute Gasteiger partial charge is 0.470 e. The quantitative estimate of drug-likeness (QED) is 0.170. The number of nitrogens with one attached hydrogen (secondary N) is 2. The summed E-state index contributed by atoms with van der Waals surface area (Å²) in [4.78, 5) is 15.5. The normalized spacial score (nSPS) is 29.5. The Balaban J connectivity index is 1.12. The van der Waals surface area contributed by atoms with Crippen molar-refractivity contribution in [3.63, 3.8) is 0 Å². The zero-order valence-electron chi connectivity index (χ0n) is 26.7. The number of halogens is 2. The molecule has 7 atom stereocenters. The predicted molar refractivity (Wildman–Crippen MR) is 173 cm³/mol. The lowest BCUT2D eigenvalue weighted by atomic mass is 9.79. The summed E-state index contributed by atoms with van der Waals surface area (Å²) in [7, 11) is 0. The number of imidazole rings is 2. The molecule has 4 aromatic rings. The van der Waals surface area contributed by atoms with E-state index in [0.717, 1.165) is 52.9 Å². The van der Waals surface area contributed by atoms with Gasteiger partial charge in [0.25, 0.3) is 0 Å². The number of aromatic nitrogens is 5. The third-order valence-electron chi connectivity index (χ3n) is 11.3. The highest BCUT2D eigenvalue weighted by Crippen LogP contribution is 2.73. The number of benzene rings is 1. The van der Waals surface area contributed by atoms with Gasteiger partial charge in [0.2, 0.25) is 5.92 Å². The molecule has 2 saturated carbocycles.